The summed E-state index contributed by atoms with van der Waals surface area (Å²) in [5.41, 5.74) is 2.55. The predicted octanol–water partition coefficient (Wildman–Crippen LogP) is -0.0781. The van der Waals surface area contributed by atoms with E-state index in [4.69, 9.17) is 0 Å². The molecule has 0 aliphatic carbocycles. The van der Waals surface area contributed by atoms with E-state index < -0.39 is 0 Å². The van der Waals surface area contributed by atoms with E-state index in [1.54, 1.807) is 0 Å². The Hall–Kier alpha value is -1.49. The number of hydrogen-bond donors (Lipinski definition) is 3. The molecule has 1 aliphatic rings. The van der Waals surface area contributed by atoms with E-state index in [0.717, 1.165) is 22.6 Å². The molecule has 0 aromatic heterocycles. The predicted molar refractivity (Wildman–Crippen MR) is 82.7 cm³/mol. The lowest BCUT2D eigenvalue weighted by Gasteiger charge is -2.08. The highest BCUT2D eigenvalue weighted by Gasteiger charge is 1.97. The van der Waals surface area contributed by atoms with Crippen LogP contribution in [0.15, 0.2) is 60.7 Å². The summed E-state index contributed by atoms with van der Waals surface area (Å²) < 4.78 is 0. The number of hydrogen-bond acceptors (Lipinski definition) is 3. The van der Waals surface area contributed by atoms with Crippen molar-refractivity contribution < 1.29 is 0 Å². The van der Waals surface area contributed by atoms with Crippen LogP contribution in [0.1, 0.15) is 0 Å². The van der Waals surface area contributed by atoms with Gasteiger partial charge in [0.25, 0.3) is 22.6 Å². The van der Waals surface area contributed by atoms with Crippen LogP contribution in [-0.4, -0.2) is 22.6 Å². The molecule has 1 saturated heterocycles. The van der Waals surface area contributed by atoms with Crippen molar-refractivity contribution in [3.8, 4) is 11.1 Å². The van der Waals surface area contributed by atoms with Crippen molar-refractivity contribution in [1.82, 2.24) is 15.4 Å². The fourth-order valence-corrected chi connectivity index (χ4v) is 1.71. The maximum atomic E-state index is 3.06. The summed E-state index contributed by atoms with van der Waals surface area (Å²) in [4.78, 5) is 0. The van der Waals surface area contributed by atoms with Crippen LogP contribution in [-0.2, 0) is 0 Å². The fourth-order valence-electron chi connectivity index (χ4n) is 1.71. The van der Waals surface area contributed by atoms with Crippen molar-refractivity contribution in [1.29, 1.82) is 0 Å². The molecule has 2 aromatic rings. The van der Waals surface area contributed by atoms with E-state index in [9.17, 15) is 0 Å². The smallest absolute Gasteiger partial charge is 0.265 e. The average Bonchev–Trinajstić information content (AvgIpc) is 2.51. The van der Waals surface area contributed by atoms with Gasteiger partial charge in [0.1, 0.15) is 0 Å². The zero-order valence-corrected chi connectivity index (χ0v) is 10.4. The highest BCUT2D eigenvalue weighted by molar-refractivity contribution is 6.65. The molecular formula is C12H16B3N3. The van der Waals surface area contributed by atoms with Crippen LogP contribution in [0.2, 0.25) is 0 Å². The number of rotatable bonds is 1. The van der Waals surface area contributed by atoms with Gasteiger partial charge in [0.15, 0.2) is 0 Å². The van der Waals surface area contributed by atoms with Crippen molar-refractivity contribution in [3.05, 3.63) is 60.7 Å². The van der Waals surface area contributed by atoms with Gasteiger partial charge in [-0.15, -0.1) is 0 Å². The van der Waals surface area contributed by atoms with Gasteiger partial charge in [-0.3, -0.25) is 0 Å². The van der Waals surface area contributed by atoms with Gasteiger partial charge in [0.2, 0.25) is 0 Å². The molecule has 1 fully saturated rings. The zero-order valence-electron chi connectivity index (χ0n) is 10.4. The minimum Gasteiger partial charge on any atom is -0.378 e. The van der Waals surface area contributed by atoms with E-state index in [-0.39, 0.29) is 0 Å². The minimum atomic E-state index is 0.938. The molecule has 2 aromatic carbocycles. The van der Waals surface area contributed by atoms with Crippen molar-refractivity contribution >= 4 is 22.6 Å². The molecule has 3 N–H and O–H groups in total. The maximum absolute atomic E-state index is 3.06. The molecular weight excluding hydrogens is 219 g/mol. The summed E-state index contributed by atoms with van der Waals surface area (Å²) in [7, 11) is 2.81. The van der Waals surface area contributed by atoms with Crippen LogP contribution in [0.5, 0.6) is 0 Å². The van der Waals surface area contributed by atoms with E-state index in [1.165, 1.54) is 11.1 Å². The van der Waals surface area contributed by atoms with Crippen LogP contribution in [0.4, 0.5) is 0 Å². The van der Waals surface area contributed by atoms with Gasteiger partial charge in [-0.05, 0) is 11.1 Å². The van der Waals surface area contributed by atoms with Gasteiger partial charge in [0.05, 0.1) is 0 Å². The Morgan fingerprint density at radius 1 is 0.500 bits per heavy atom. The second-order valence-electron chi connectivity index (χ2n) is 4.01. The molecule has 0 atom stereocenters. The van der Waals surface area contributed by atoms with Gasteiger partial charge in [-0.2, -0.15) is 0 Å². The van der Waals surface area contributed by atoms with E-state index in [1.807, 2.05) is 12.1 Å². The largest absolute Gasteiger partial charge is 0.378 e. The Labute approximate surface area is 110 Å². The topological polar surface area (TPSA) is 36.1 Å². The average molecular weight is 235 g/mol. The molecule has 0 unspecified atom stereocenters. The molecule has 3 rings (SSSR count). The number of benzene rings is 2. The standard InChI is InChI=1S/C12H10.B3H6N3/c1-3-7-11(8-4-1)12-9-5-2-6-10-12;1-4-2-6-3-5-1/h1-10H;1-6H. The van der Waals surface area contributed by atoms with Crippen molar-refractivity contribution in [2.45, 2.75) is 0 Å². The molecule has 88 valence electrons. The van der Waals surface area contributed by atoms with Gasteiger partial charge >= 0.3 is 0 Å². The summed E-state index contributed by atoms with van der Waals surface area (Å²) in [5, 5.41) is 9.19. The summed E-state index contributed by atoms with van der Waals surface area (Å²) >= 11 is 0. The highest BCUT2D eigenvalue weighted by atomic mass is 15.0. The quantitative estimate of drug-likeness (QED) is 0.605. The van der Waals surface area contributed by atoms with Crippen LogP contribution in [0.25, 0.3) is 11.1 Å². The first-order valence-corrected chi connectivity index (χ1v) is 6.19. The molecule has 0 amide bonds. The zero-order chi connectivity index (χ0) is 12.5. The third kappa shape index (κ3) is 4.41. The van der Waals surface area contributed by atoms with Crippen LogP contribution in [0.3, 0.4) is 0 Å². The highest BCUT2D eigenvalue weighted by Crippen LogP contribution is 2.17. The number of nitrogens with one attached hydrogen (secondary N) is 3. The Balaban J connectivity index is 0.000000169. The maximum Gasteiger partial charge on any atom is 0.265 e. The van der Waals surface area contributed by atoms with Crippen molar-refractivity contribution in [3.63, 3.8) is 0 Å². The molecule has 3 nitrogen and oxygen atoms in total. The first-order chi connectivity index (χ1) is 8.97. The van der Waals surface area contributed by atoms with Crippen LogP contribution in [0, 0.1) is 0 Å². The fraction of sp³-hybridized carbons (Fsp3) is 0. The lowest BCUT2D eigenvalue weighted by Crippen LogP contribution is -2.55. The van der Waals surface area contributed by atoms with E-state index in [0.29, 0.717) is 0 Å². The second-order valence-corrected chi connectivity index (χ2v) is 4.01. The normalized spacial score (nSPS) is 13.1. The van der Waals surface area contributed by atoms with E-state index in [2.05, 4.69) is 63.9 Å². The van der Waals surface area contributed by atoms with Crippen molar-refractivity contribution in [2.75, 3.05) is 0 Å². The summed E-state index contributed by atoms with van der Waals surface area (Å²) in [6.07, 6.45) is 0. The van der Waals surface area contributed by atoms with Crippen molar-refractivity contribution in [2.24, 2.45) is 0 Å². The summed E-state index contributed by atoms with van der Waals surface area (Å²) in [5.74, 6) is 0. The minimum absolute atomic E-state index is 0.938. The monoisotopic (exact) mass is 235 g/mol. The van der Waals surface area contributed by atoms with Gasteiger partial charge < -0.3 is 15.4 Å². The Kier molecular flexibility index (Phi) is 5.59. The molecule has 0 spiro atoms. The Bertz CT molecular complexity index is 386. The lowest BCUT2D eigenvalue weighted by atomic mass is 9.85. The lowest BCUT2D eigenvalue weighted by molar-refractivity contribution is 1.28. The Morgan fingerprint density at radius 3 is 1.11 bits per heavy atom. The second kappa shape index (κ2) is 7.77. The third-order valence-corrected chi connectivity index (χ3v) is 2.63. The Morgan fingerprint density at radius 2 is 0.833 bits per heavy atom. The molecule has 18 heavy (non-hydrogen) atoms. The molecule has 0 radical (unpaired) electrons. The molecule has 0 saturated carbocycles. The first kappa shape index (κ1) is 13.0. The summed E-state index contributed by atoms with van der Waals surface area (Å²) in [6.45, 7) is 0. The summed E-state index contributed by atoms with van der Waals surface area (Å²) in [6, 6.07) is 20.8. The molecule has 1 aliphatic heterocycles. The SMILES string of the molecule is B1NBNBN1.c1ccc(-c2ccccc2)cc1. The third-order valence-electron chi connectivity index (χ3n) is 2.63. The van der Waals surface area contributed by atoms with Crippen LogP contribution < -0.4 is 15.4 Å². The van der Waals surface area contributed by atoms with Gasteiger partial charge in [-0.25, -0.2) is 0 Å². The van der Waals surface area contributed by atoms with Gasteiger partial charge in [-0.1, -0.05) is 60.7 Å². The van der Waals surface area contributed by atoms with E-state index >= 15 is 0 Å². The molecule has 6 heteroatoms. The molecule has 0 bridgehead atoms. The first-order valence-electron chi connectivity index (χ1n) is 6.19. The van der Waals surface area contributed by atoms with Crippen LogP contribution >= 0.6 is 0 Å². The molecule has 1 heterocycles. The van der Waals surface area contributed by atoms with Gasteiger partial charge in [0, 0.05) is 0 Å².